The summed E-state index contributed by atoms with van der Waals surface area (Å²) < 4.78 is 17.6. The van der Waals surface area contributed by atoms with Crippen molar-refractivity contribution in [1.29, 1.82) is 0 Å². The summed E-state index contributed by atoms with van der Waals surface area (Å²) in [5.74, 6) is -0.669. The molecule has 1 saturated heterocycles. The van der Waals surface area contributed by atoms with E-state index in [2.05, 4.69) is 52.1 Å². The summed E-state index contributed by atoms with van der Waals surface area (Å²) in [6.07, 6.45) is 7.52. The van der Waals surface area contributed by atoms with Gasteiger partial charge in [0.2, 0.25) is 5.60 Å². The third-order valence-corrected chi connectivity index (χ3v) is 14.5. The van der Waals surface area contributed by atoms with Gasteiger partial charge in [0, 0.05) is 84.0 Å². The maximum atomic E-state index is 15.1. The van der Waals surface area contributed by atoms with Crippen molar-refractivity contribution >= 4 is 28.5 Å². The molecule has 2 aromatic carbocycles. The smallest absolute Gasteiger partial charge is 0.342 e. The van der Waals surface area contributed by atoms with Gasteiger partial charge < -0.3 is 34.3 Å². The van der Waals surface area contributed by atoms with Gasteiger partial charge in [0.15, 0.2) is 0 Å². The standard InChI is InChI=1S/C43H52N4O7/c1-7-25-18-26-21-42(38(49)53-5,34-28(24-46(22-25)23-26)27-12-9-10-13-31(27)44-34)30-19-29-32(20-33(30)52-4)45(3)36-41(29)15-17-47-16-11-14-40(8-2,35(41)47)37(48)43(36,51)39(50)54-6/h9-14,18-20,26,35-37,44,48,51H,7-8,15-17,21-24H2,1-6H3/t26?,35-,36+,37+,40+,41+,42+,43-/m0/s1. The minimum Gasteiger partial charge on any atom is -0.496 e. The molecule has 0 amide bonds. The maximum absolute atomic E-state index is 15.1. The second-order valence-electron chi connectivity index (χ2n) is 16.6. The van der Waals surface area contributed by atoms with Gasteiger partial charge in [-0.2, -0.15) is 0 Å². The average molecular weight is 737 g/mol. The Morgan fingerprint density at radius 1 is 1.02 bits per heavy atom. The minimum atomic E-state index is -2.27. The first kappa shape index (κ1) is 35.5. The summed E-state index contributed by atoms with van der Waals surface area (Å²) in [5.41, 5.74) is 1.24. The molecule has 1 aromatic heterocycles. The van der Waals surface area contributed by atoms with Crippen LogP contribution in [0.4, 0.5) is 5.69 Å². The molecule has 2 unspecified atom stereocenters. The van der Waals surface area contributed by atoms with Gasteiger partial charge in [0.25, 0.3) is 0 Å². The van der Waals surface area contributed by atoms with E-state index in [0.29, 0.717) is 50.2 Å². The molecule has 9 atom stereocenters. The third kappa shape index (κ3) is 4.21. The molecule has 6 aliphatic rings. The van der Waals surface area contributed by atoms with Crippen LogP contribution >= 0.6 is 0 Å². The Kier molecular flexibility index (Phi) is 8.01. The number of esters is 2. The average Bonchev–Trinajstić information content (AvgIpc) is 3.84. The van der Waals surface area contributed by atoms with Crippen LogP contribution in [-0.2, 0) is 36.4 Å². The predicted octanol–water partition coefficient (Wildman–Crippen LogP) is 4.18. The van der Waals surface area contributed by atoms with Crippen LogP contribution in [0.2, 0.25) is 0 Å². The number of methoxy groups -OCH3 is 3. The first-order valence-electron chi connectivity index (χ1n) is 19.5. The highest BCUT2D eigenvalue weighted by molar-refractivity contribution is 5.95. The highest BCUT2D eigenvalue weighted by Crippen LogP contribution is 2.67. The number of para-hydroxylation sites is 1. The highest BCUT2D eigenvalue weighted by atomic mass is 16.5. The molecule has 6 heterocycles. The number of benzene rings is 2. The summed E-state index contributed by atoms with van der Waals surface area (Å²) in [6.45, 7) is 7.97. The molecule has 2 bridgehead atoms. The number of ether oxygens (including phenoxy) is 3. The number of likely N-dealkylation sites (N-methyl/N-ethyl adjacent to an activating group) is 1. The number of nitrogens with one attached hydrogen (secondary N) is 1. The van der Waals surface area contributed by atoms with Gasteiger partial charge in [-0.05, 0) is 61.4 Å². The molecule has 286 valence electrons. The van der Waals surface area contributed by atoms with Crippen LogP contribution in [0.15, 0.2) is 60.2 Å². The maximum Gasteiger partial charge on any atom is 0.342 e. The lowest BCUT2D eigenvalue weighted by Gasteiger charge is -2.63. The van der Waals surface area contributed by atoms with Crippen molar-refractivity contribution in [2.45, 2.75) is 80.7 Å². The van der Waals surface area contributed by atoms with Crippen LogP contribution in [0.25, 0.3) is 10.9 Å². The quantitative estimate of drug-likeness (QED) is 0.251. The van der Waals surface area contributed by atoms with E-state index in [1.807, 2.05) is 43.1 Å². The highest BCUT2D eigenvalue weighted by Gasteiger charge is 2.79. The lowest BCUT2D eigenvalue weighted by Crippen LogP contribution is -2.80. The van der Waals surface area contributed by atoms with Gasteiger partial charge >= 0.3 is 11.9 Å². The fraction of sp³-hybridized carbons (Fsp3) is 0.535. The molecular weight excluding hydrogens is 684 g/mol. The van der Waals surface area contributed by atoms with Crippen LogP contribution in [0.3, 0.4) is 0 Å². The number of rotatable bonds is 6. The Balaban J connectivity index is 1.37. The minimum absolute atomic E-state index is 0.0475. The first-order chi connectivity index (χ1) is 26.0. The number of hydrogen-bond donors (Lipinski definition) is 3. The van der Waals surface area contributed by atoms with Crippen molar-refractivity contribution in [3.63, 3.8) is 0 Å². The van der Waals surface area contributed by atoms with E-state index < -0.39 is 40.0 Å². The Bertz CT molecular complexity index is 2130. The number of fused-ring (bicyclic) bond motifs is 6. The van der Waals surface area contributed by atoms with Crippen molar-refractivity contribution in [2.24, 2.45) is 11.3 Å². The molecule has 1 saturated carbocycles. The fourth-order valence-electron chi connectivity index (χ4n) is 12.5. The van der Waals surface area contributed by atoms with E-state index >= 15 is 4.79 Å². The molecule has 1 spiro atoms. The summed E-state index contributed by atoms with van der Waals surface area (Å²) >= 11 is 0. The molecule has 9 rings (SSSR count). The summed E-state index contributed by atoms with van der Waals surface area (Å²) in [5, 5.41) is 26.3. The molecule has 3 aromatic rings. The van der Waals surface area contributed by atoms with Gasteiger partial charge in [-0.15, -0.1) is 0 Å². The van der Waals surface area contributed by atoms with Crippen LogP contribution in [0.5, 0.6) is 5.75 Å². The van der Waals surface area contributed by atoms with E-state index in [0.717, 1.165) is 52.9 Å². The van der Waals surface area contributed by atoms with Gasteiger partial charge in [-0.1, -0.05) is 55.8 Å². The Labute approximate surface area is 316 Å². The fourth-order valence-corrected chi connectivity index (χ4v) is 12.5. The van der Waals surface area contributed by atoms with Crippen molar-refractivity contribution < 1.29 is 34.0 Å². The van der Waals surface area contributed by atoms with E-state index in [4.69, 9.17) is 14.2 Å². The number of carbonyl (C=O) groups excluding carboxylic acids is 2. The molecular formula is C43H52N4O7. The first-order valence-corrected chi connectivity index (χ1v) is 19.5. The van der Waals surface area contributed by atoms with Crippen molar-refractivity contribution in [2.75, 3.05) is 59.5 Å². The van der Waals surface area contributed by atoms with E-state index in [1.165, 1.54) is 19.8 Å². The molecule has 1 aliphatic carbocycles. The number of hydrogen-bond acceptors (Lipinski definition) is 10. The monoisotopic (exact) mass is 736 g/mol. The van der Waals surface area contributed by atoms with Gasteiger partial charge in [0.1, 0.15) is 17.3 Å². The number of H-pyrrole nitrogens is 1. The molecule has 11 heteroatoms. The lowest BCUT2D eigenvalue weighted by atomic mass is 9.47. The number of aliphatic hydroxyl groups is 2. The number of nitrogens with zero attached hydrogens (tertiary/aromatic N) is 3. The largest absolute Gasteiger partial charge is 0.496 e. The van der Waals surface area contributed by atoms with Crippen LogP contribution < -0.4 is 9.64 Å². The van der Waals surface area contributed by atoms with Crippen LogP contribution in [-0.4, -0.2) is 115 Å². The topological polar surface area (TPSA) is 128 Å². The van der Waals surface area contributed by atoms with Crippen LogP contribution in [0, 0.1) is 11.3 Å². The Morgan fingerprint density at radius 2 is 1.80 bits per heavy atom. The molecule has 3 N–H and O–H groups in total. The molecule has 5 aliphatic heterocycles. The normalized spacial score (nSPS) is 36.3. The van der Waals surface area contributed by atoms with Gasteiger partial charge in [0.05, 0.1) is 27.4 Å². The van der Waals surface area contributed by atoms with Gasteiger partial charge in [-0.3, -0.25) is 14.6 Å². The zero-order valence-electron chi connectivity index (χ0n) is 32.1. The SMILES string of the molecule is CCC1=CC2CN(C1)Cc1c([nH]c3ccccc13)[C@](C(=O)OC)(c1cc3c(cc1OC)N(C)[C@H]1[C@@](O)(C(=O)OC)[C@H](O)[C@]4(CC)C=CCN5CC[C@]31[C@@H]54)C2. The lowest BCUT2D eigenvalue weighted by molar-refractivity contribution is -0.218. The predicted molar refractivity (Wildman–Crippen MR) is 205 cm³/mol. The summed E-state index contributed by atoms with van der Waals surface area (Å²) in [7, 11) is 6.24. The summed E-state index contributed by atoms with van der Waals surface area (Å²) in [6, 6.07) is 11.3. The zero-order valence-corrected chi connectivity index (χ0v) is 32.1. The van der Waals surface area contributed by atoms with E-state index in [1.54, 1.807) is 7.11 Å². The Morgan fingerprint density at radius 3 is 2.52 bits per heavy atom. The van der Waals surface area contributed by atoms with E-state index in [9.17, 15) is 15.0 Å². The third-order valence-electron chi connectivity index (χ3n) is 14.5. The molecule has 11 nitrogen and oxygen atoms in total. The Hall–Kier alpha value is -4.16. The zero-order chi connectivity index (χ0) is 37.9. The van der Waals surface area contributed by atoms with Crippen molar-refractivity contribution in [3.8, 4) is 5.75 Å². The number of anilines is 1. The number of aromatic amines is 1. The van der Waals surface area contributed by atoms with Crippen LogP contribution in [0.1, 0.15) is 61.9 Å². The number of carbonyl (C=O) groups is 2. The second kappa shape index (κ2) is 12.2. The van der Waals surface area contributed by atoms with Crippen molar-refractivity contribution in [3.05, 3.63) is 82.6 Å². The van der Waals surface area contributed by atoms with Crippen molar-refractivity contribution in [1.82, 2.24) is 14.8 Å². The number of aromatic nitrogens is 1. The molecule has 0 radical (unpaired) electrons. The summed E-state index contributed by atoms with van der Waals surface area (Å²) in [4.78, 5) is 39.7. The molecule has 54 heavy (non-hydrogen) atoms. The van der Waals surface area contributed by atoms with Gasteiger partial charge in [-0.25, -0.2) is 4.79 Å². The van der Waals surface area contributed by atoms with E-state index in [-0.39, 0.29) is 17.9 Å². The molecule has 2 fully saturated rings. The number of aliphatic hydroxyl groups excluding tert-OH is 1. The second-order valence-corrected chi connectivity index (χ2v) is 16.6.